The number of hydrogen-bond donors (Lipinski definition) is 2. The third kappa shape index (κ3) is 4.35. The fourth-order valence-corrected chi connectivity index (χ4v) is 2.76. The van der Waals surface area contributed by atoms with Gasteiger partial charge in [0, 0.05) is 23.0 Å². The molecular weight excluding hydrogens is 370 g/mol. The molecule has 0 fully saturated rings. The van der Waals surface area contributed by atoms with Crippen molar-refractivity contribution in [1.82, 2.24) is 19.6 Å². The van der Waals surface area contributed by atoms with Crippen LogP contribution in [0.1, 0.15) is 34.6 Å². The average Bonchev–Trinajstić information content (AvgIpc) is 3.22. The average molecular weight is 388 g/mol. The molecule has 0 spiro atoms. The summed E-state index contributed by atoms with van der Waals surface area (Å²) in [6.07, 6.45) is 2.52. The lowest BCUT2D eigenvalue weighted by Crippen LogP contribution is -2.24. The lowest BCUT2D eigenvalue weighted by Gasteiger charge is -2.11. The number of nitrogens with zero attached hydrogens (tertiary/aromatic N) is 4. The maximum absolute atomic E-state index is 12.4. The Morgan fingerprint density at radius 3 is 2.78 bits per heavy atom. The highest BCUT2D eigenvalue weighted by atomic mass is 35.5. The zero-order valence-electron chi connectivity index (χ0n) is 14.8. The molecule has 0 bridgehead atoms. The van der Waals surface area contributed by atoms with Crippen LogP contribution in [0.25, 0.3) is 0 Å². The predicted octanol–water partition coefficient (Wildman–Crippen LogP) is 2.99. The number of benzene rings is 1. The number of anilines is 1. The van der Waals surface area contributed by atoms with Gasteiger partial charge in [-0.15, -0.1) is 0 Å². The number of amides is 1. The van der Waals surface area contributed by atoms with E-state index in [1.165, 1.54) is 17.1 Å². The van der Waals surface area contributed by atoms with Gasteiger partial charge in [0.25, 0.3) is 0 Å². The molecule has 27 heavy (non-hydrogen) atoms. The molecule has 0 radical (unpaired) electrons. The SMILES string of the molecule is Cc1cc(NC(=O)C(C)n2cc(C(=O)O)cn2)nn1Cc1cccc(Cl)c1. The second kappa shape index (κ2) is 7.63. The van der Waals surface area contributed by atoms with Crippen molar-refractivity contribution in [3.63, 3.8) is 0 Å². The number of carbonyl (C=O) groups excluding carboxylic acids is 1. The smallest absolute Gasteiger partial charge is 0.338 e. The highest BCUT2D eigenvalue weighted by Gasteiger charge is 2.19. The Kier molecular flexibility index (Phi) is 5.27. The largest absolute Gasteiger partial charge is 0.478 e. The van der Waals surface area contributed by atoms with E-state index in [-0.39, 0.29) is 11.5 Å². The van der Waals surface area contributed by atoms with Gasteiger partial charge in [0.05, 0.1) is 18.3 Å². The number of rotatable bonds is 6. The van der Waals surface area contributed by atoms with Crippen molar-refractivity contribution in [3.8, 4) is 0 Å². The van der Waals surface area contributed by atoms with E-state index in [0.29, 0.717) is 17.4 Å². The molecule has 1 aromatic carbocycles. The second-order valence-corrected chi connectivity index (χ2v) is 6.57. The van der Waals surface area contributed by atoms with E-state index in [1.54, 1.807) is 23.7 Å². The van der Waals surface area contributed by atoms with Crippen LogP contribution in [0.15, 0.2) is 42.7 Å². The lowest BCUT2D eigenvalue weighted by atomic mass is 10.2. The lowest BCUT2D eigenvalue weighted by molar-refractivity contribution is -0.119. The first-order valence-electron chi connectivity index (χ1n) is 8.20. The maximum atomic E-state index is 12.4. The van der Waals surface area contributed by atoms with Crippen molar-refractivity contribution in [1.29, 1.82) is 0 Å². The number of aryl methyl sites for hydroxylation is 1. The van der Waals surface area contributed by atoms with Gasteiger partial charge in [-0.25, -0.2) is 4.79 Å². The van der Waals surface area contributed by atoms with Gasteiger partial charge in [-0.05, 0) is 31.5 Å². The van der Waals surface area contributed by atoms with Gasteiger partial charge in [0.1, 0.15) is 6.04 Å². The van der Waals surface area contributed by atoms with Crippen LogP contribution in [0.5, 0.6) is 0 Å². The number of aromatic nitrogens is 4. The van der Waals surface area contributed by atoms with E-state index >= 15 is 0 Å². The summed E-state index contributed by atoms with van der Waals surface area (Å²) in [6, 6.07) is 8.57. The summed E-state index contributed by atoms with van der Waals surface area (Å²) in [5, 5.41) is 20.7. The molecule has 0 aliphatic heterocycles. The van der Waals surface area contributed by atoms with E-state index in [2.05, 4.69) is 15.5 Å². The first-order valence-corrected chi connectivity index (χ1v) is 8.58. The zero-order valence-corrected chi connectivity index (χ0v) is 15.5. The fraction of sp³-hybridized carbons (Fsp3) is 0.222. The Hall–Kier alpha value is -3.13. The quantitative estimate of drug-likeness (QED) is 0.677. The Bertz CT molecular complexity index is 995. The zero-order chi connectivity index (χ0) is 19.6. The molecule has 1 amide bonds. The molecule has 1 atom stereocenters. The molecule has 3 aromatic rings. The Morgan fingerprint density at radius 2 is 2.11 bits per heavy atom. The third-order valence-electron chi connectivity index (χ3n) is 4.08. The van der Waals surface area contributed by atoms with Crippen molar-refractivity contribution < 1.29 is 14.7 Å². The van der Waals surface area contributed by atoms with Gasteiger partial charge in [0.15, 0.2) is 5.82 Å². The minimum absolute atomic E-state index is 0.0243. The summed E-state index contributed by atoms with van der Waals surface area (Å²) in [5.41, 5.74) is 1.90. The first-order chi connectivity index (χ1) is 12.8. The predicted molar refractivity (Wildman–Crippen MR) is 100 cm³/mol. The Morgan fingerprint density at radius 1 is 1.33 bits per heavy atom. The van der Waals surface area contributed by atoms with Crippen LogP contribution in [-0.2, 0) is 11.3 Å². The minimum Gasteiger partial charge on any atom is -0.478 e. The highest BCUT2D eigenvalue weighted by Crippen LogP contribution is 2.16. The van der Waals surface area contributed by atoms with E-state index in [9.17, 15) is 9.59 Å². The Balaban J connectivity index is 1.70. The molecule has 0 aliphatic carbocycles. The van der Waals surface area contributed by atoms with Crippen LogP contribution in [0.2, 0.25) is 5.02 Å². The molecule has 1 unspecified atom stereocenters. The maximum Gasteiger partial charge on any atom is 0.338 e. The summed E-state index contributed by atoms with van der Waals surface area (Å²) in [7, 11) is 0. The molecule has 0 aliphatic rings. The number of carboxylic acid groups (broad SMARTS) is 1. The van der Waals surface area contributed by atoms with Gasteiger partial charge < -0.3 is 10.4 Å². The van der Waals surface area contributed by atoms with Crippen molar-refractivity contribution in [3.05, 3.63) is 64.6 Å². The van der Waals surface area contributed by atoms with Crippen LogP contribution in [0.4, 0.5) is 5.82 Å². The molecular formula is C18H18ClN5O3. The number of carbonyl (C=O) groups is 2. The van der Waals surface area contributed by atoms with E-state index < -0.39 is 12.0 Å². The van der Waals surface area contributed by atoms with E-state index in [1.807, 2.05) is 25.1 Å². The summed E-state index contributed by atoms with van der Waals surface area (Å²) in [5.74, 6) is -1.02. The number of aromatic carboxylic acids is 1. The van der Waals surface area contributed by atoms with Gasteiger partial charge in [0.2, 0.25) is 5.91 Å². The summed E-state index contributed by atoms with van der Waals surface area (Å²) in [6.45, 7) is 4.05. The molecule has 0 saturated heterocycles. The number of carboxylic acids is 1. The molecule has 140 valence electrons. The summed E-state index contributed by atoms with van der Waals surface area (Å²) >= 11 is 6.01. The Labute approximate surface area is 160 Å². The monoisotopic (exact) mass is 387 g/mol. The molecule has 2 heterocycles. The fourth-order valence-electron chi connectivity index (χ4n) is 2.55. The molecule has 2 N–H and O–H groups in total. The van der Waals surface area contributed by atoms with Gasteiger partial charge in [-0.3, -0.25) is 14.2 Å². The summed E-state index contributed by atoms with van der Waals surface area (Å²) < 4.78 is 3.07. The number of hydrogen-bond acceptors (Lipinski definition) is 4. The standard InChI is InChI=1S/C18H18ClN5O3/c1-11-6-16(22-23(11)9-13-4-3-5-15(19)7-13)21-17(25)12(2)24-10-14(8-20-24)18(26)27/h3-8,10,12H,9H2,1-2H3,(H,26,27)(H,21,22,25). The first kappa shape index (κ1) is 18.7. The second-order valence-electron chi connectivity index (χ2n) is 6.14. The molecule has 3 rings (SSSR count). The highest BCUT2D eigenvalue weighted by molar-refractivity contribution is 6.30. The van der Waals surface area contributed by atoms with Crippen molar-refractivity contribution in [2.24, 2.45) is 0 Å². The molecule has 2 aromatic heterocycles. The molecule has 9 heteroatoms. The van der Waals surface area contributed by atoms with E-state index in [4.69, 9.17) is 16.7 Å². The van der Waals surface area contributed by atoms with Crippen molar-refractivity contribution in [2.45, 2.75) is 26.4 Å². The third-order valence-corrected chi connectivity index (χ3v) is 4.31. The van der Waals surface area contributed by atoms with Crippen molar-refractivity contribution in [2.75, 3.05) is 5.32 Å². The van der Waals surface area contributed by atoms with Gasteiger partial charge in [-0.1, -0.05) is 23.7 Å². The van der Waals surface area contributed by atoms with Crippen LogP contribution < -0.4 is 5.32 Å². The molecule has 0 saturated carbocycles. The summed E-state index contributed by atoms with van der Waals surface area (Å²) in [4.78, 5) is 23.4. The molecule has 8 nitrogen and oxygen atoms in total. The number of halogens is 1. The minimum atomic E-state index is -1.09. The van der Waals surface area contributed by atoms with Crippen LogP contribution in [-0.4, -0.2) is 36.5 Å². The van der Waals surface area contributed by atoms with Crippen LogP contribution >= 0.6 is 11.6 Å². The number of nitrogens with one attached hydrogen (secondary N) is 1. The topological polar surface area (TPSA) is 102 Å². The van der Waals surface area contributed by atoms with Crippen LogP contribution in [0.3, 0.4) is 0 Å². The van der Waals surface area contributed by atoms with Crippen LogP contribution in [0, 0.1) is 6.92 Å². The van der Waals surface area contributed by atoms with Gasteiger partial charge in [-0.2, -0.15) is 10.2 Å². The normalized spacial score (nSPS) is 12.0. The van der Waals surface area contributed by atoms with Crippen molar-refractivity contribution >= 4 is 29.3 Å². The van der Waals surface area contributed by atoms with Gasteiger partial charge >= 0.3 is 5.97 Å². The van der Waals surface area contributed by atoms with E-state index in [0.717, 1.165) is 11.3 Å².